The van der Waals surface area contributed by atoms with Crippen molar-refractivity contribution >= 4 is 11.9 Å². The molecule has 0 bridgehead atoms. The molecule has 1 aromatic carbocycles. The van der Waals surface area contributed by atoms with E-state index in [1.165, 1.54) is 0 Å². The third-order valence-corrected chi connectivity index (χ3v) is 4.97. The predicted molar refractivity (Wildman–Crippen MR) is 109 cm³/mol. The molecule has 2 N–H and O–H groups in total. The zero-order chi connectivity index (χ0) is 20.2. The van der Waals surface area contributed by atoms with E-state index in [-0.39, 0.29) is 11.9 Å². The van der Waals surface area contributed by atoms with E-state index in [0.29, 0.717) is 29.6 Å². The lowest BCUT2D eigenvalue weighted by Gasteiger charge is -2.18. The second kappa shape index (κ2) is 8.22. The molecule has 3 aromatic rings. The highest BCUT2D eigenvalue weighted by Crippen LogP contribution is 2.25. The number of hydrogen-bond donors (Lipinski definition) is 2. The minimum atomic E-state index is -0.186. The molecule has 0 radical (unpaired) electrons. The Bertz CT molecular complexity index is 990. The summed E-state index contributed by atoms with van der Waals surface area (Å²) in [4.78, 5) is 27.1. The molecule has 1 atom stereocenters. The summed E-state index contributed by atoms with van der Waals surface area (Å²) in [6, 6.07) is 11.0. The minimum absolute atomic E-state index is 0.00356. The summed E-state index contributed by atoms with van der Waals surface area (Å²) in [5.41, 5.74) is 2.24. The van der Waals surface area contributed by atoms with Crippen molar-refractivity contribution in [3.63, 3.8) is 0 Å². The van der Waals surface area contributed by atoms with E-state index < -0.39 is 0 Å². The van der Waals surface area contributed by atoms with Gasteiger partial charge in [-0.3, -0.25) is 4.79 Å². The Morgan fingerprint density at radius 2 is 2.14 bits per heavy atom. The first-order chi connectivity index (χ1) is 14.2. The van der Waals surface area contributed by atoms with Crippen LogP contribution in [-0.2, 0) is 0 Å². The maximum Gasteiger partial charge on any atom is 0.255 e. The van der Waals surface area contributed by atoms with Crippen molar-refractivity contribution < 1.29 is 14.3 Å². The van der Waals surface area contributed by atoms with Gasteiger partial charge < -0.3 is 24.7 Å². The van der Waals surface area contributed by atoms with Crippen LogP contribution in [0.1, 0.15) is 16.8 Å². The van der Waals surface area contributed by atoms with E-state index in [9.17, 15) is 4.79 Å². The lowest BCUT2D eigenvalue weighted by Crippen LogP contribution is -2.37. The molecule has 3 heterocycles. The van der Waals surface area contributed by atoms with Gasteiger partial charge in [0.25, 0.3) is 5.91 Å². The second-order valence-corrected chi connectivity index (χ2v) is 6.80. The van der Waals surface area contributed by atoms with Crippen molar-refractivity contribution in [2.75, 3.05) is 32.2 Å². The van der Waals surface area contributed by atoms with Gasteiger partial charge in [-0.15, -0.1) is 0 Å². The predicted octanol–water partition coefficient (Wildman–Crippen LogP) is 2.50. The molecule has 1 aliphatic rings. The third kappa shape index (κ3) is 4.01. The number of methoxy groups -OCH3 is 2. The normalized spacial score (nSPS) is 15.9. The Balaban J connectivity index is 1.44. The number of aromatic amines is 1. The van der Waals surface area contributed by atoms with Gasteiger partial charge in [0, 0.05) is 31.5 Å². The van der Waals surface area contributed by atoms with Gasteiger partial charge in [-0.25, -0.2) is 9.97 Å². The molecule has 2 aromatic heterocycles. The highest BCUT2D eigenvalue weighted by molar-refractivity contribution is 5.97. The van der Waals surface area contributed by atoms with Crippen molar-refractivity contribution in [3.8, 4) is 22.9 Å². The van der Waals surface area contributed by atoms with Crippen LogP contribution >= 0.6 is 0 Å². The van der Waals surface area contributed by atoms with Gasteiger partial charge in [0.15, 0.2) is 0 Å². The van der Waals surface area contributed by atoms with Gasteiger partial charge in [0.2, 0.25) is 5.95 Å². The maximum atomic E-state index is 12.8. The smallest absolute Gasteiger partial charge is 0.255 e. The Kier molecular flexibility index (Phi) is 5.33. The number of benzene rings is 1. The summed E-state index contributed by atoms with van der Waals surface area (Å²) in [5, 5.41) is 3.09. The highest BCUT2D eigenvalue weighted by atomic mass is 16.5. The Hall–Kier alpha value is -3.55. The van der Waals surface area contributed by atoms with E-state index in [1.807, 2.05) is 24.4 Å². The molecule has 1 amide bonds. The molecule has 0 saturated carbocycles. The first kappa shape index (κ1) is 18.8. The number of amides is 1. The van der Waals surface area contributed by atoms with Gasteiger partial charge >= 0.3 is 0 Å². The Labute approximate surface area is 168 Å². The number of nitrogens with one attached hydrogen (secondary N) is 2. The first-order valence-corrected chi connectivity index (χ1v) is 9.42. The number of carbonyl (C=O) groups excluding carboxylic acids is 1. The first-order valence-electron chi connectivity index (χ1n) is 9.42. The van der Waals surface area contributed by atoms with Crippen molar-refractivity contribution in [1.82, 2.24) is 20.3 Å². The van der Waals surface area contributed by atoms with Gasteiger partial charge in [0.05, 0.1) is 31.2 Å². The summed E-state index contributed by atoms with van der Waals surface area (Å²) < 4.78 is 10.5. The van der Waals surface area contributed by atoms with Gasteiger partial charge in [-0.2, -0.15) is 0 Å². The standard InChI is InChI=1S/C21H23N5O3/c1-28-15-5-6-19(29-2)16(12-15)20(27)24-14-8-11-26(13-14)21-23-10-7-18(25-21)17-4-3-9-22-17/h3-7,9-10,12,14,22H,8,11,13H2,1-2H3,(H,24,27). The van der Waals surface area contributed by atoms with E-state index >= 15 is 0 Å². The molecule has 0 aliphatic carbocycles. The average Bonchev–Trinajstić information content (AvgIpc) is 3.46. The zero-order valence-electron chi connectivity index (χ0n) is 16.4. The molecule has 1 saturated heterocycles. The largest absolute Gasteiger partial charge is 0.497 e. The van der Waals surface area contributed by atoms with Crippen LogP contribution in [0.4, 0.5) is 5.95 Å². The third-order valence-electron chi connectivity index (χ3n) is 4.97. The highest BCUT2D eigenvalue weighted by Gasteiger charge is 2.27. The number of hydrogen-bond acceptors (Lipinski definition) is 6. The van der Waals surface area contributed by atoms with E-state index in [2.05, 4.69) is 25.2 Å². The molecule has 150 valence electrons. The number of ether oxygens (including phenoxy) is 2. The summed E-state index contributed by atoms with van der Waals surface area (Å²) >= 11 is 0. The van der Waals surface area contributed by atoms with Crippen LogP contribution in [0.25, 0.3) is 11.4 Å². The summed E-state index contributed by atoms with van der Waals surface area (Å²) in [6.07, 6.45) is 4.44. The quantitative estimate of drug-likeness (QED) is 0.669. The SMILES string of the molecule is COc1ccc(OC)c(C(=O)NC2CCN(c3nccc(-c4ccc[nH]4)n3)C2)c1. The molecule has 8 nitrogen and oxygen atoms in total. The van der Waals surface area contributed by atoms with Gasteiger partial charge in [-0.05, 0) is 42.8 Å². The topological polar surface area (TPSA) is 92.4 Å². The fraction of sp³-hybridized carbons (Fsp3) is 0.286. The van der Waals surface area contributed by atoms with Crippen LogP contribution in [-0.4, -0.2) is 54.2 Å². The number of anilines is 1. The summed E-state index contributed by atoms with van der Waals surface area (Å²) in [5.74, 6) is 1.60. The van der Waals surface area contributed by atoms with Gasteiger partial charge in [-0.1, -0.05) is 0 Å². The van der Waals surface area contributed by atoms with Crippen LogP contribution in [0, 0.1) is 0 Å². The van der Waals surface area contributed by atoms with Crippen LogP contribution in [0.2, 0.25) is 0 Å². The number of carbonyl (C=O) groups is 1. The molecule has 4 rings (SSSR count). The average molecular weight is 393 g/mol. The maximum absolute atomic E-state index is 12.8. The molecule has 1 fully saturated rings. The van der Waals surface area contributed by atoms with Crippen molar-refractivity contribution in [3.05, 3.63) is 54.4 Å². The number of H-pyrrole nitrogens is 1. The monoisotopic (exact) mass is 393 g/mol. The van der Waals surface area contributed by atoms with Crippen LogP contribution in [0.3, 0.4) is 0 Å². The van der Waals surface area contributed by atoms with Crippen molar-refractivity contribution in [2.24, 2.45) is 0 Å². The fourth-order valence-electron chi connectivity index (χ4n) is 3.45. The number of aromatic nitrogens is 3. The van der Waals surface area contributed by atoms with Crippen LogP contribution in [0.15, 0.2) is 48.8 Å². The lowest BCUT2D eigenvalue weighted by molar-refractivity contribution is 0.0937. The minimum Gasteiger partial charge on any atom is -0.497 e. The molecule has 8 heteroatoms. The summed E-state index contributed by atoms with van der Waals surface area (Å²) in [7, 11) is 3.12. The molecule has 1 unspecified atom stereocenters. The van der Waals surface area contributed by atoms with Crippen LogP contribution < -0.4 is 19.7 Å². The fourth-order valence-corrected chi connectivity index (χ4v) is 3.45. The lowest BCUT2D eigenvalue weighted by atomic mass is 10.1. The Morgan fingerprint density at radius 3 is 2.90 bits per heavy atom. The van der Waals surface area contributed by atoms with Crippen LogP contribution in [0.5, 0.6) is 11.5 Å². The molecule has 0 spiro atoms. The van der Waals surface area contributed by atoms with E-state index in [4.69, 9.17) is 9.47 Å². The second-order valence-electron chi connectivity index (χ2n) is 6.80. The zero-order valence-corrected chi connectivity index (χ0v) is 16.4. The Morgan fingerprint density at radius 1 is 1.24 bits per heavy atom. The van der Waals surface area contributed by atoms with Crippen molar-refractivity contribution in [2.45, 2.75) is 12.5 Å². The summed E-state index contributed by atoms with van der Waals surface area (Å²) in [6.45, 7) is 1.42. The number of nitrogens with zero attached hydrogens (tertiary/aromatic N) is 3. The van der Waals surface area contributed by atoms with E-state index in [1.54, 1.807) is 38.6 Å². The van der Waals surface area contributed by atoms with Crippen molar-refractivity contribution in [1.29, 1.82) is 0 Å². The van der Waals surface area contributed by atoms with E-state index in [0.717, 1.165) is 24.4 Å². The molecule has 1 aliphatic heterocycles. The molecular weight excluding hydrogens is 370 g/mol. The van der Waals surface area contributed by atoms with Gasteiger partial charge in [0.1, 0.15) is 11.5 Å². The number of rotatable bonds is 6. The molecular formula is C21H23N5O3. The molecule has 29 heavy (non-hydrogen) atoms.